The van der Waals surface area contributed by atoms with Gasteiger partial charge < -0.3 is 0 Å². The lowest BCUT2D eigenvalue weighted by Gasteiger charge is -2.24. The van der Waals surface area contributed by atoms with Crippen molar-refractivity contribution in [1.29, 1.82) is 0 Å². The minimum atomic E-state index is 0.915. The molecule has 1 saturated carbocycles. The minimum Gasteiger partial charge on any atom is -0.103 e. The third-order valence-corrected chi connectivity index (χ3v) is 4.00. The van der Waals surface area contributed by atoms with Crippen LogP contribution in [0, 0.1) is 23.7 Å². The predicted molar refractivity (Wildman–Crippen MR) is 57.4 cm³/mol. The van der Waals surface area contributed by atoms with E-state index >= 15 is 0 Å². The lowest BCUT2D eigenvalue weighted by Crippen LogP contribution is -2.16. The third-order valence-electron chi connectivity index (χ3n) is 4.00. The van der Waals surface area contributed by atoms with Crippen LogP contribution in [0.2, 0.25) is 0 Å². The van der Waals surface area contributed by atoms with Crippen LogP contribution in [0.5, 0.6) is 0 Å². The first-order valence-corrected chi connectivity index (χ1v) is 5.62. The molecular formula is C13H20. The van der Waals surface area contributed by atoms with Crippen molar-refractivity contribution in [3.8, 4) is 0 Å². The average molecular weight is 176 g/mol. The molecule has 0 radical (unpaired) electrons. The van der Waals surface area contributed by atoms with Crippen LogP contribution in [-0.2, 0) is 0 Å². The predicted octanol–water partition coefficient (Wildman–Crippen LogP) is 3.80. The van der Waals surface area contributed by atoms with Crippen molar-refractivity contribution >= 4 is 0 Å². The minimum absolute atomic E-state index is 0.915. The van der Waals surface area contributed by atoms with Crippen molar-refractivity contribution in [3.05, 3.63) is 24.8 Å². The zero-order valence-corrected chi connectivity index (χ0v) is 8.58. The van der Waals surface area contributed by atoms with Gasteiger partial charge in [-0.05, 0) is 49.4 Å². The van der Waals surface area contributed by atoms with Gasteiger partial charge >= 0.3 is 0 Å². The first-order chi connectivity index (χ1) is 6.33. The highest BCUT2D eigenvalue weighted by molar-refractivity contribution is 5.12. The molecule has 4 atom stereocenters. The van der Waals surface area contributed by atoms with Crippen molar-refractivity contribution in [3.63, 3.8) is 0 Å². The fraction of sp³-hybridized carbons (Fsp3) is 0.692. The Balaban J connectivity index is 1.86. The van der Waals surface area contributed by atoms with Crippen molar-refractivity contribution in [2.45, 2.75) is 32.6 Å². The van der Waals surface area contributed by atoms with Crippen LogP contribution in [0.1, 0.15) is 32.6 Å². The summed E-state index contributed by atoms with van der Waals surface area (Å²) in [6, 6.07) is 0. The molecule has 2 aliphatic carbocycles. The summed E-state index contributed by atoms with van der Waals surface area (Å²) < 4.78 is 0. The van der Waals surface area contributed by atoms with E-state index in [-0.39, 0.29) is 0 Å². The molecule has 1 fully saturated rings. The van der Waals surface area contributed by atoms with E-state index in [9.17, 15) is 0 Å². The number of unbranched alkanes of at least 4 members (excludes halogenated alkanes) is 1. The van der Waals surface area contributed by atoms with Crippen LogP contribution in [0.15, 0.2) is 24.8 Å². The molecule has 0 heteroatoms. The van der Waals surface area contributed by atoms with E-state index in [1.165, 1.54) is 25.7 Å². The second kappa shape index (κ2) is 3.69. The molecule has 0 nitrogen and oxygen atoms in total. The highest BCUT2D eigenvalue weighted by atomic mass is 14.5. The summed E-state index contributed by atoms with van der Waals surface area (Å²) in [5.41, 5.74) is 0. The quantitative estimate of drug-likeness (QED) is 0.451. The van der Waals surface area contributed by atoms with Gasteiger partial charge in [0.05, 0.1) is 0 Å². The number of rotatable bonds is 4. The molecule has 0 amide bonds. The summed E-state index contributed by atoms with van der Waals surface area (Å²) in [7, 11) is 0. The number of allylic oxidation sites excluding steroid dienone is 3. The second-order valence-corrected chi connectivity index (χ2v) is 4.69. The summed E-state index contributed by atoms with van der Waals surface area (Å²) in [5, 5.41) is 0. The van der Waals surface area contributed by atoms with Gasteiger partial charge in [-0.3, -0.25) is 0 Å². The van der Waals surface area contributed by atoms with Gasteiger partial charge in [0.25, 0.3) is 0 Å². The topological polar surface area (TPSA) is 0 Å². The maximum Gasteiger partial charge on any atom is -0.0197 e. The Morgan fingerprint density at radius 2 is 2.15 bits per heavy atom. The molecule has 0 aromatic rings. The molecule has 4 unspecified atom stereocenters. The highest BCUT2D eigenvalue weighted by Crippen LogP contribution is 2.49. The zero-order chi connectivity index (χ0) is 9.26. The van der Waals surface area contributed by atoms with E-state index < -0.39 is 0 Å². The Morgan fingerprint density at radius 3 is 2.77 bits per heavy atom. The van der Waals surface area contributed by atoms with Crippen LogP contribution in [0.3, 0.4) is 0 Å². The molecule has 0 N–H and O–H groups in total. The van der Waals surface area contributed by atoms with E-state index in [2.05, 4.69) is 25.7 Å². The van der Waals surface area contributed by atoms with E-state index in [0.717, 1.165) is 23.7 Å². The third kappa shape index (κ3) is 1.59. The van der Waals surface area contributed by atoms with Crippen LogP contribution in [-0.4, -0.2) is 0 Å². The second-order valence-electron chi connectivity index (χ2n) is 4.69. The normalized spacial score (nSPS) is 41.3. The molecule has 2 aliphatic rings. The monoisotopic (exact) mass is 176 g/mol. The summed E-state index contributed by atoms with van der Waals surface area (Å²) >= 11 is 0. The van der Waals surface area contributed by atoms with E-state index in [1.54, 1.807) is 0 Å². The molecule has 2 rings (SSSR count). The van der Waals surface area contributed by atoms with Gasteiger partial charge in [0.1, 0.15) is 0 Å². The van der Waals surface area contributed by atoms with Gasteiger partial charge in [-0.25, -0.2) is 0 Å². The molecule has 13 heavy (non-hydrogen) atoms. The van der Waals surface area contributed by atoms with Crippen LogP contribution in [0.4, 0.5) is 0 Å². The van der Waals surface area contributed by atoms with E-state index in [1.807, 2.05) is 6.08 Å². The lowest BCUT2D eigenvalue weighted by atomic mass is 9.81. The van der Waals surface area contributed by atoms with Crippen LogP contribution < -0.4 is 0 Å². The first kappa shape index (κ1) is 9.05. The number of hydrogen-bond acceptors (Lipinski definition) is 0. The number of hydrogen-bond donors (Lipinski definition) is 0. The van der Waals surface area contributed by atoms with Gasteiger partial charge in [0, 0.05) is 0 Å². The Bertz CT molecular complexity index is 214. The molecule has 0 aliphatic heterocycles. The summed E-state index contributed by atoms with van der Waals surface area (Å²) in [5.74, 6) is 3.76. The maximum atomic E-state index is 3.78. The van der Waals surface area contributed by atoms with Crippen molar-refractivity contribution in [1.82, 2.24) is 0 Å². The zero-order valence-electron chi connectivity index (χ0n) is 8.58. The fourth-order valence-corrected chi connectivity index (χ4v) is 3.15. The molecule has 2 bridgehead atoms. The Hall–Kier alpha value is -0.520. The smallest absolute Gasteiger partial charge is 0.0197 e. The van der Waals surface area contributed by atoms with Crippen molar-refractivity contribution < 1.29 is 0 Å². The maximum absolute atomic E-state index is 3.78. The standard InChI is InChI=1S/C13H20/c1-3-4-5-6-13-10(2)11-7-8-12(13)9-11/h3,7-8,10-13H,1,4-6,9H2,2H3. The molecule has 0 aromatic heterocycles. The fourth-order valence-electron chi connectivity index (χ4n) is 3.15. The Morgan fingerprint density at radius 1 is 1.38 bits per heavy atom. The average Bonchev–Trinajstić information content (AvgIpc) is 2.69. The Kier molecular flexibility index (Phi) is 2.57. The van der Waals surface area contributed by atoms with Crippen molar-refractivity contribution in [2.24, 2.45) is 23.7 Å². The van der Waals surface area contributed by atoms with Gasteiger partial charge in [0.2, 0.25) is 0 Å². The SMILES string of the molecule is C=CCCCC1C2C=CC(C2)C1C. The molecule has 72 valence electrons. The van der Waals surface area contributed by atoms with Crippen molar-refractivity contribution in [2.75, 3.05) is 0 Å². The highest BCUT2D eigenvalue weighted by Gasteiger charge is 2.40. The van der Waals surface area contributed by atoms with Gasteiger partial charge in [-0.15, -0.1) is 6.58 Å². The largest absolute Gasteiger partial charge is 0.103 e. The molecule has 0 spiro atoms. The summed E-state index contributed by atoms with van der Waals surface area (Å²) in [6.45, 7) is 6.22. The first-order valence-electron chi connectivity index (χ1n) is 5.62. The van der Waals surface area contributed by atoms with E-state index in [4.69, 9.17) is 0 Å². The van der Waals surface area contributed by atoms with Crippen LogP contribution in [0.25, 0.3) is 0 Å². The Labute approximate surface area is 81.7 Å². The van der Waals surface area contributed by atoms with Gasteiger partial charge in [-0.1, -0.05) is 25.2 Å². The summed E-state index contributed by atoms with van der Waals surface area (Å²) in [6.07, 6.45) is 12.4. The number of fused-ring (bicyclic) bond motifs is 2. The summed E-state index contributed by atoms with van der Waals surface area (Å²) in [4.78, 5) is 0. The molecule has 0 aromatic carbocycles. The van der Waals surface area contributed by atoms with Gasteiger partial charge in [-0.2, -0.15) is 0 Å². The molecule has 0 saturated heterocycles. The lowest BCUT2D eigenvalue weighted by molar-refractivity contribution is 0.308. The molecular weight excluding hydrogens is 156 g/mol. The van der Waals surface area contributed by atoms with Gasteiger partial charge in [0.15, 0.2) is 0 Å². The van der Waals surface area contributed by atoms with E-state index in [0.29, 0.717) is 0 Å². The van der Waals surface area contributed by atoms with Crippen LogP contribution >= 0.6 is 0 Å². The molecule has 0 heterocycles.